The molecule has 0 saturated carbocycles. The van der Waals surface area contributed by atoms with E-state index in [1.54, 1.807) is 0 Å². The van der Waals surface area contributed by atoms with Gasteiger partial charge in [0.1, 0.15) is 0 Å². The molecule has 1 aromatic heterocycles. The molecule has 12 aromatic rings. The molecular weight excluding hydrogens is 853 g/mol. The molecule has 0 bridgehead atoms. The average molecular weight is 899 g/mol. The second kappa shape index (κ2) is 18.5. The number of anilines is 6. The van der Waals surface area contributed by atoms with E-state index in [2.05, 4.69) is 289 Å². The Hall–Kier alpha value is -8.76. The van der Waals surface area contributed by atoms with Crippen molar-refractivity contribution in [2.45, 2.75) is 0 Å². The predicted molar refractivity (Wildman–Crippen MR) is 296 cm³/mol. The summed E-state index contributed by atoms with van der Waals surface area (Å²) >= 11 is 1.86. The lowest BCUT2D eigenvalue weighted by atomic mass is 10.0. The van der Waals surface area contributed by atoms with Gasteiger partial charge in [-0.1, -0.05) is 194 Å². The van der Waals surface area contributed by atoms with Crippen molar-refractivity contribution in [1.29, 1.82) is 0 Å². The largest absolute Gasteiger partial charge is 0.310 e. The Morgan fingerprint density at radius 3 is 0.913 bits per heavy atom. The van der Waals surface area contributed by atoms with Gasteiger partial charge in [0.25, 0.3) is 0 Å². The average Bonchev–Trinajstić information content (AvgIpc) is 3.81. The van der Waals surface area contributed by atoms with Gasteiger partial charge in [-0.05, 0) is 141 Å². The van der Waals surface area contributed by atoms with Crippen LogP contribution in [0.4, 0.5) is 34.1 Å². The van der Waals surface area contributed by atoms with E-state index in [0.29, 0.717) is 0 Å². The van der Waals surface area contributed by atoms with Crippen LogP contribution in [0.3, 0.4) is 0 Å². The molecule has 0 spiro atoms. The number of benzene rings is 11. The Balaban J connectivity index is 0.915. The summed E-state index contributed by atoms with van der Waals surface area (Å²) in [5.74, 6) is 0. The van der Waals surface area contributed by atoms with Crippen LogP contribution in [0, 0.1) is 0 Å². The molecule has 11 aromatic carbocycles. The number of fused-ring (bicyclic) bond motifs is 3. The van der Waals surface area contributed by atoms with Gasteiger partial charge in [0.2, 0.25) is 0 Å². The first-order valence-corrected chi connectivity index (χ1v) is 24.3. The Kier molecular flexibility index (Phi) is 11.2. The van der Waals surface area contributed by atoms with Gasteiger partial charge in [-0.3, -0.25) is 0 Å². The van der Waals surface area contributed by atoms with Crippen LogP contribution in [0.1, 0.15) is 0 Å². The fraction of sp³-hybridized carbons (Fsp3) is 0. The highest BCUT2D eigenvalue weighted by Gasteiger charge is 2.18. The van der Waals surface area contributed by atoms with Crippen LogP contribution < -0.4 is 9.80 Å². The van der Waals surface area contributed by atoms with Crippen molar-refractivity contribution in [2.24, 2.45) is 0 Å². The predicted octanol–water partition coefficient (Wildman–Crippen LogP) is 19.3. The van der Waals surface area contributed by atoms with Crippen molar-refractivity contribution < 1.29 is 0 Å². The quantitative estimate of drug-likeness (QED) is 0.128. The SMILES string of the molecule is c1ccc(-c2ccc(N(c3ccc(-c4ccccc4)cc3)c3cccc(-c4cccc(N(c5ccc(-c6ccccc6)cc5)c5ccc(-c6ccc7c(c6)sc6ccccc67)cc5)c4)c3)cc2)cc1. The Morgan fingerprint density at radius 2 is 0.493 bits per heavy atom. The molecule has 0 aliphatic heterocycles. The summed E-state index contributed by atoms with van der Waals surface area (Å²) in [4.78, 5) is 4.73. The molecule has 12 rings (SSSR count). The summed E-state index contributed by atoms with van der Waals surface area (Å²) in [6, 6.07) is 101. The Bertz CT molecular complexity index is 3590. The molecule has 0 N–H and O–H groups in total. The van der Waals surface area contributed by atoms with Gasteiger partial charge in [0, 0.05) is 54.3 Å². The van der Waals surface area contributed by atoms with Gasteiger partial charge >= 0.3 is 0 Å². The molecule has 1 heterocycles. The fourth-order valence-corrected chi connectivity index (χ4v) is 10.7. The molecule has 0 radical (unpaired) electrons. The minimum absolute atomic E-state index is 1.08. The fourth-order valence-electron chi connectivity index (χ4n) is 9.55. The van der Waals surface area contributed by atoms with Crippen LogP contribution >= 0.6 is 11.3 Å². The molecule has 0 atom stereocenters. The molecule has 0 amide bonds. The first kappa shape index (κ1) is 41.7. The molecule has 69 heavy (non-hydrogen) atoms. The number of nitrogens with zero attached hydrogens (tertiary/aromatic N) is 2. The van der Waals surface area contributed by atoms with E-state index in [1.165, 1.54) is 64.7 Å². The lowest BCUT2D eigenvalue weighted by Gasteiger charge is -2.27. The van der Waals surface area contributed by atoms with Crippen LogP contribution in [0.15, 0.2) is 279 Å². The van der Waals surface area contributed by atoms with Crippen LogP contribution in [0.5, 0.6) is 0 Å². The first-order chi connectivity index (χ1) is 34.2. The number of hydrogen-bond acceptors (Lipinski definition) is 3. The second-order valence-electron chi connectivity index (χ2n) is 17.4. The lowest BCUT2D eigenvalue weighted by molar-refractivity contribution is 1.28. The van der Waals surface area contributed by atoms with Gasteiger partial charge in [0.05, 0.1) is 0 Å². The molecule has 326 valence electrons. The van der Waals surface area contributed by atoms with E-state index < -0.39 is 0 Å². The van der Waals surface area contributed by atoms with E-state index in [0.717, 1.165) is 45.3 Å². The van der Waals surface area contributed by atoms with Gasteiger partial charge in [-0.25, -0.2) is 0 Å². The van der Waals surface area contributed by atoms with E-state index in [-0.39, 0.29) is 0 Å². The highest BCUT2D eigenvalue weighted by molar-refractivity contribution is 7.25. The minimum Gasteiger partial charge on any atom is -0.310 e. The highest BCUT2D eigenvalue weighted by atomic mass is 32.1. The number of thiophene rings is 1. The summed E-state index contributed by atoms with van der Waals surface area (Å²) in [6.07, 6.45) is 0. The molecule has 0 aliphatic carbocycles. The maximum absolute atomic E-state index is 2.37. The van der Waals surface area contributed by atoms with E-state index in [4.69, 9.17) is 0 Å². The van der Waals surface area contributed by atoms with Crippen LogP contribution in [-0.2, 0) is 0 Å². The van der Waals surface area contributed by atoms with Crippen molar-refractivity contribution in [3.63, 3.8) is 0 Å². The van der Waals surface area contributed by atoms with Gasteiger partial charge < -0.3 is 9.80 Å². The second-order valence-corrected chi connectivity index (χ2v) is 18.4. The van der Waals surface area contributed by atoms with E-state index >= 15 is 0 Å². The first-order valence-electron chi connectivity index (χ1n) is 23.5. The topological polar surface area (TPSA) is 6.48 Å². The van der Waals surface area contributed by atoms with Crippen molar-refractivity contribution in [3.8, 4) is 55.6 Å². The molecule has 2 nitrogen and oxygen atoms in total. The summed E-state index contributed by atoms with van der Waals surface area (Å²) in [6.45, 7) is 0. The molecule has 0 fully saturated rings. The number of hydrogen-bond donors (Lipinski definition) is 0. The monoisotopic (exact) mass is 898 g/mol. The van der Waals surface area contributed by atoms with Crippen LogP contribution in [-0.4, -0.2) is 0 Å². The lowest BCUT2D eigenvalue weighted by Crippen LogP contribution is -2.10. The molecule has 0 saturated heterocycles. The molecular formula is C66H46N2S. The summed E-state index contributed by atoms with van der Waals surface area (Å²) in [7, 11) is 0. The van der Waals surface area contributed by atoms with Gasteiger partial charge in [-0.15, -0.1) is 11.3 Å². The Morgan fingerprint density at radius 1 is 0.188 bits per heavy atom. The zero-order chi connectivity index (χ0) is 45.9. The Labute approximate surface area is 407 Å². The molecule has 3 heteroatoms. The van der Waals surface area contributed by atoms with Crippen LogP contribution in [0.2, 0.25) is 0 Å². The third-order valence-corrected chi connectivity index (χ3v) is 14.2. The van der Waals surface area contributed by atoms with E-state index in [1.807, 2.05) is 11.3 Å². The molecule has 0 unspecified atom stereocenters. The normalized spacial score (nSPS) is 11.2. The van der Waals surface area contributed by atoms with E-state index in [9.17, 15) is 0 Å². The zero-order valence-corrected chi connectivity index (χ0v) is 38.7. The third kappa shape index (κ3) is 8.49. The smallest absolute Gasteiger partial charge is 0.0467 e. The number of rotatable bonds is 11. The highest BCUT2D eigenvalue weighted by Crippen LogP contribution is 2.42. The summed E-state index contributed by atoms with van der Waals surface area (Å²) < 4.78 is 2.63. The maximum atomic E-state index is 2.37. The van der Waals surface area contributed by atoms with Crippen molar-refractivity contribution >= 4 is 65.6 Å². The minimum atomic E-state index is 1.08. The van der Waals surface area contributed by atoms with Crippen molar-refractivity contribution in [1.82, 2.24) is 0 Å². The van der Waals surface area contributed by atoms with Crippen molar-refractivity contribution in [2.75, 3.05) is 9.80 Å². The summed E-state index contributed by atoms with van der Waals surface area (Å²) in [5.41, 5.74) is 18.3. The maximum Gasteiger partial charge on any atom is 0.0467 e. The van der Waals surface area contributed by atoms with Gasteiger partial charge in [-0.2, -0.15) is 0 Å². The van der Waals surface area contributed by atoms with Gasteiger partial charge in [0.15, 0.2) is 0 Å². The molecule has 0 aliphatic rings. The standard InChI is InChI=1S/C66H46N2S/c1-4-14-47(15-5-1)50-26-35-57(36-27-50)67(58-37-28-51(29-38-58)48-16-6-2-7-17-48)61-22-12-20-54(44-61)55-21-13-23-62(45-55)68(59-39-30-52(31-40-59)49-18-8-3-9-19-49)60-41-32-53(33-42-60)56-34-43-64-63-24-10-11-25-65(63)69-66(64)46-56/h1-46H. The zero-order valence-electron chi connectivity index (χ0n) is 37.9. The van der Waals surface area contributed by atoms with Crippen LogP contribution in [0.25, 0.3) is 75.8 Å². The third-order valence-electron chi connectivity index (χ3n) is 13.1. The summed E-state index contributed by atoms with van der Waals surface area (Å²) in [5, 5.41) is 2.64. The van der Waals surface area contributed by atoms with Crippen molar-refractivity contribution in [3.05, 3.63) is 279 Å².